The molecule has 12 heteroatoms. The highest BCUT2D eigenvalue weighted by molar-refractivity contribution is 5.84. The average Bonchev–Trinajstić information content (AvgIpc) is 2.84. The van der Waals surface area contributed by atoms with Crippen molar-refractivity contribution in [2.24, 2.45) is 0 Å². The molecule has 0 unspecified atom stereocenters. The smallest absolute Gasteiger partial charge is 0.439 e. The monoisotopic (exact) mass is 481 g/mol. The number of anilines is 1. The second kappa shape index (κ2) is 13.8. The van der Waals surface area contributed by atoms with Gasteiger partial charge in [0.1, 0.15) is 19.3 Å². The minimum atomic E-state index is -1.51. The maximum Gasteiger partial charge on any atom is 0.509 e. The van der Waals surface area contributed by atoms with E-state index in [1.807, 2.05) is 0 Å². The maximum atomic E-state index is 12.5. The van der Waals surface area contributed by atoms with Crippen molar-refractivity contribution >= 4 is 24.1 Å². The first-order valence-corrected chi connectivity index (χ1v) is 10.1. The molecular formula is C22H27NO11. The second-order valence-electron chi connectivity index (χ2n) is 6.69. The molecule has 0 saturated carbocycles. The Labute approximate surface area is 196 Å². The molecule has 1 heterocycles. The first kappa shape index (κ1) is 26.6. The quantitative estimate of drug-likeness (QED) is 0.288. The summed E-state index contributed by atoms with van der Waals surface area (Å²) in [5.74, 6) is 0. The van der Waals surface area contributed by atoms with Crippen molar-refractivity contribution in [2.45, 2.75) is 30.7 Å². The van der Waals surface area contributed by atoms with Gasteiger partial charge >= 0.3 is 18.4 Å². The van der Waals surface area contributed by atoms with Gasteiger partial charge in [-0.05, 0) is 12.1 Å². The summed E-state index contributed by atoms with van der Waals surface area (Å²) < 4.78 is 36.4. The van der Waals surface area contributed by atoms with Crippen LogP contribution >= 0.6 is 0 Å². The molecule has 1 fully saturated rings. The lowest BCUT2D eigenvalue weighted by molar-refractivity contribution is -0.295. The zero-order chi connectivity index (χ0) is 24.9. The number of para-hydroxylation sites is 1. The summed E-state index contributed by atoms with van der Waals surface area (Å²) in [7, 11) is 1.24. The van der Waals surface area contributed by atoms with Gasteiger partial charge in [0.05, 0.1) is 6.61 Å². The molecule has 0 bridgehead atoms. The van der Waals surface area contributed by atoms with Crippen molar-refractivity contribution in [1.82, 2.24) is 0 Å². The molecule has 0 radical (unpaired) electrons. The molecule has 2 rings (SSSR count). The van der Waals surface area contributed by atoms with Crippen LogP contribution in [-0.4, -0.2) is 81.1 Å². The molecule has 1 amide bonds. The van der Waals surface area contributed by atoms with Crippen LogP contribution in [0.1, 0.15) is 0 Å². The molecule has 1 aliphatic heterocycles. The molecule has 186 valence electrons. The first-order valence-electron chi connectivity index (χ1n) is 10.1. The number of aliphatic hydroxyl groups excluding tert-OH is 1. The number of carbonyl (C=O) groups excluding carboxylic acids is 3. The minimum Gasteiger partial charge on any atom is -0.439 e. The molecule has 1 saturated heterocycles. The van der Waals surface area contributed by atoms with E-state index in [0.29, 0.717) is 5.69 Å². The van der Waals surface area contributed by atoms with Crippen LogP contribution in [0.3, 0.4) is 0 Å². The lowest BCUT2D eigenvalue weighted by Crippen LogP contribution is -2.63. The number of amides is 1. The molecule has 2 N–H and O–H groups in total. The lowest BCUT2D eigenvalue weighted by Gasteiger charge is -2.43. The van der Waals surface area contributed by atoms with Gasteiger partial charge < -0.3 is 38.3 Å². The Morgan fingerprint density at radius 1 is 0.971 bits per heavy atom. The standard InChI is InChI=1S/C22H27NO11/c1-4-11-29-21(26)33-17-16(32-20(25)23-14-9-7-6-8-10-14)15(13-24)31-19(28-3)18(17)34-22(27)30-12-5-2/h4-10,15-19,24H,1-2,11-13H2,3H3,(H,23,25)/t15-,16-,17+,18-,19+/m1/s1. The Morgan fingerprint density at radius 2 is 1.56 bits per heavy atom. The third-order valence-corrected chi connectivity index (χ3v) is 4.37. The average molecular weight is 481 g/mol. The molecule has 12 nitrogen and oxygen atoms in total. The molecule has 0 aromatic heterocycles. The number of rotatable bonds is 10. The number of carbonyl (C=O) groups is 3. The number of nitrogens with one attached hydrogen (secondary N) is 1. The van der Waals surface area contributed by atoms with E-state index >= 15 is 0 Å². The highest BCUT2D eigenvalue weighted by atomic mass is 16.8. The van der Waals surface area contributed by atoms with Gasteiger partial charge in [0, 0.05) is 12.8 Å². The van der Waals surface area contributed by atoms with Crippen molar-refractivity contribution in [3.05, 3.63) is 55.6 Å². The Morgan fingerprint density at radius 3 is 2.09 bits per heavy atom. The molecule has 0 aliphatic carbocycles. The Kier molecular flexibility index (Phi) is 10.8. The fourth-order valence-electron chi connectivity index (χ4n) is 2.95. The first-order chi connectivity index (χ1) is 16.4. The largest absolute Gasteiger partial charge is 0.509 e. The Bertz CT molecular complexity index is 831. The van der Waals surface area contributed by atoms with E-state index in [4.69, 9.17) is 33.2 Å². The third-order valence-electron chi connectivity index (χ3n) is 4.37. The Balaban J connectivity index is 2.30. The minimum absolute atomic E-state index is 0.157. The van der Waals surface area contributed by atoms with Crippen LogP contribution in [0, 0.1) is 0 Å². The molecule has 1 aromatic carbocycles. The summed E-state index contributed by atoms with van der Waals surface area (Å²) in [6.07, 6.45) is -7.60. The van der Waals surface area contributed by atoms with Crippen LogP contribution < -0.4 is 5.32 Å². The fraction of sp³-hybridized carbons (Fsp3) is 0.409. The summed E-state index contributed by atoms with van der Waals surface area (Å²) in [5, 5.41) is 12.3. The van der Waals surface area contributed by atoms with Crippen molar-refractivity contribution < 1.29 is 52.6 Å². The van der Waals surface area contributed by atoms with Gasteiger partial charge in [-0.3, -0.25) is 5.32 Å². The van der Waals surface area contributed by atoms with Gasteiger partial charge in [-0.1, -0.05) is 43.5 Å². The number of benzene rings is 1. The number of aliphatic hydroxyl groups is 1. The zero-order valence-corrected chi connectivity index (χ0v) is 18.5. The topological polar surface area (TPSA) is 148 Å². The van der Waals surface area contributed by atoms with Crippen molar-refractivity contribution in [2.75, 3.05) is 32.2 Å². The van der Waals surface area contributed by atoms with Gasteiger partial charge in [-0.15, -0.1) is 0 Å². The van der Waals surface area contributed by atoms with E-state index in [1.165, 1.54) is 19.3 Å². The van der Waals surface area contributed by atoms with E-state index in [-0.39, 0.29) is 13.2 Å². The number of ether oxygens (including phenoxy) is 7. The van der Waals surface area contributed by atoms with Crippen LogP contribution in [0.25, 0.3) is 0 Å². The normalized spacial score (nSPS) is 23.6. The SMILES string of the molecule is C=CCOC(=O)O[C@@H]1[C@@H](OC(=O)OCC=C)[C@@H](OC)O[C@H](CO)[C@H]1OC(=O)Nc1ccccc1. The predicted octanol–water partition coefficient (Wildman–Crippen LogP) is 2.38. The molecule has 0 spiro atoms. The lowest BCUT2D eigenvalue weighted by atomic mass is 9.98. The molecule has 1 aliphatic rings. The summed E-state index contributed by atoms with van der Waals surface area (Å²) in [6, 6.07) is 8.37. The summed E-state index contributed by atoms with van der Waals surface area (Å²) in [5.41, 5.74) is 0.420. The van der Waals surface area contributed by atoms with Gasteiger partial charge in [-0.25, -0.2) is 14.4 Å². The van der Waals surface area contributed by atoms with Crippen LogP contribution in [0.2, 0.25) is 0 Å². The summed E-state index contributed by atoms with van der Waals surface area (Å²) in [4.78, 5) is 36.8. The molecule has 5 atom stereocenters. The number of hydrogen-bond acceptors (Lipinski definition) is 11. The van der Waals surface area contributed by atoms with Gasteiger partial charge in [0.2, 0.25) is 0 Å². The van der Waals surface area contributed by atoms with Crippen LogP contribution in [0.15, 0.2) is 55.6 Å². The van der Waals surface area contributed by atoms with E-state index in [9.17, 15) is 19.5 Å². The summed E-state index contributed by atoms with van der Waals surface area (Å²) >= 11 is 0. The fourth-order valence-corrected chi connectivity index (χ4v) is 2.95. The third kappa shape index (κ3) is 7.76. The molecular weight excluding hydrogens is 454 g/mol. The van der Waals surface area contributed by atoms with Crippen LogP contribution in [0.5, 0.6) is 0 Å². The van der Waals surface area contributed by atoms with Crippen LogP contribution in [-0.2, 0) is 33.2 Å². The zero-order valence-electron chi connectivity index (χ0n) is 18.5. The predicted molar refractivity (Wildman–Crippen MR) is 116 cm³/mol. The Hall–Kier alpha value is -3.61. The van der Waals surface area contributed by atoms with Gasteiger partial charge in [0.15, 0.2) is 24.6 Å². The van der Waals surface area contributed by atoms with Crippen molar-refractivity contribution in [3.8, 4) is 0 Å². The second-order valence-corrected chi connectivity index (χ2v) is 6.69. The van der Waals surface area contributed by atoms with Gasteiger partial charge in [0.25, 0.3) is 0 Å². The van der Waals surface area contributed by atoms with Gasteiger partial charge in [-0.2, -0.15) is 0 Å². The number of methoxy groups -OCH3 is 1. The number of hydrogen-bond donors (Lipinski definition) is 2. The highest BCUT2D eigenvalue weighted by Gasteiger charge is 2.53. The van der Waals surface area contributed by atoms with E-state index in [1.54, 1.807) is 30.3 Å². The van der Waals surface area contributed by atoms with Crippen LogP contribution in [0.4, 0.5) is 20.1 Å². The van der Waals surface area contributed by atoms with Crippen molar-refractivity contribution in [3.63, 3.8) is 0 Å². The van der Waals surface area contributed by atoms with Crippen molar-refractivity contribution in [1.29, 1.82) is 0 Å². The summed E-state index contributed by atoms with van der Waals surface area (Å²) in [6.45, 7) is 5.87. The molecule has 1 aromatic rings. The van der Waals surface area contributed by atoms with E-state index in [2.05, 4.69) is 18.5 Å². The molecule has 34 heavy (non-hydrogen) atoms. The van der Waals surface area contributed by atoms with E-state index < -0.39 is 55.7 Å². The highest BCUT2D eigenvalue weighted by Crippen LogP contribution is 2.29. The van der Waals surface area contributed by atoms with E-state index in [0.717, 1.165) is 0 Å². The maximum absolute atomic E-state index is 12.5.